The molecule has 120 valence electrons. The maximum Gasteiger partial charge on any atom is 0.328 e. The van der Waals surface area contributed by atoms with Crippen molar-refractivity contribution in [3.05, 3.63) is 63.2 Å². The van der Waals surface area contributed by atoms with Crippen LogP contribution >= 0.6 is 0 Å². The average molecular weight is 308 g/mol. The van der Waals surface area contributed by atoms with Crippen molar-refractivity contribution in [1.29, 1.82) is 0 Å². The molecule has 0 aliphatic heterocycles. The van der Waals surface area contributed by atoms with Gasteiger partial charge < -0.3 is 0 Å². The van der Waals surface area contributed by atoms with Gasteiger partial charge in [-0.1, -0.05) is 49.9 Å². The molecule has 3 rings (SSSR count). The maximum absolute atomic E-state index is 12.6. The van der Waals surface area contributed by atoms with Crippen LogP contribution in [0.2, 0.25) is 0 Å². The summed E-state index contributed by atoms with van der Waals surface area (Å²) in [6, 6.07) is 10.2. The van der Waals surface area contributed by atoms with E-state index in [9.17, 15) is 4.79 Å². The molecule has 2 aromatic rings. The average Bonchev–Trinajstić information content (AvgIpc) is 3.26. The predicted molar refractivity (Wildman–Crippen MR) is 96.3 cm³/mol. The van der Waals surface area contributed by atoms with E-state index in [1.807, 2.05) is 36.7 Å². The van der Waals surface area contributed by atoms with Crippen LogP contribution in [0.25, 0.3) is 18.2 Å². The lowest BCUT2D eigenvalue weighted by molar-refractivity contribution is 0.446. The van der Waals surface area contributed by atoms with Gasteiger partial charge in [-0.2, -0.15) is 0 Å². The third-order valence-corrected chi connectivity index (χ3v) is 4.85. The van der Waals surface area contributed by atoms with Crippen LogP contribution in [0.3, 0.4) is 0 Å². The fourth-order valence-electron chi connectivity index (χ4n) is 2.94. The van der Waals surface area contributed by atoms with Gasteiger partial charge in [-0.05, 0) is 42.4 Å². The summed E-state index contributed by atoms with van der Waals surface area (Å²) in [6.45, 7) is 9.19. The van der Waals surface area contributed by atoms with Gasteiger partial charge in [0, 0.05) is 13.6 Å². The monoisotopic (exact) mass is 308 g/mol. The SMILES string of the molecule is C=c1c(=CC(=CC)c2ccccc2)n(C)c(=O)n1CC1(C)CC1. The quantitative estimate of drug-likeness (QED) is 0.851. The number of rotatable bonds is 4. The highest BCUT2D eigenvalue weighted by Crippen LogP contribution is 2.45. The Hall–Kier alpha value is -2.29. The van der Waals surface area contributed by atoms with E-state index in [0.29, 0.717) is 0 Å². The minimum absolute atomic E-state index is 0.0258. The molecule has 3 heteroatoms. The Bertz CT molecular complexity index is 909. The molecule has 1 aliphatic carbocycles. The predicted octanol–water partition coefficient (Wildman–Crippen LogP) is 2.28. The topological polar surface area (TPSA) is 26.9 Å². The third kappa shape index (κ3) is 2.96. The molecule has 0 radical (unpaired) electrons. The molecule has 0 bridgehead atoms. The zero-order valence-corrected chi connectivity index (χ0v) is 14.2. The summed E-state index contributed by atoms with van der Waals surface area (Å²) in [5.74, 6) is 0. The van der Waals surface area contributed by atoms with Crippen LogP contribution in [-0.4, -0.2) is 9.13 Å². The smallest absolute Gasteiger partial charge is 0.295 e. The molecule has 0 atom stereocenters. The number of aromatic nitrogens is 2. The van der Waals surface area contributed by atoms with E-state index >= 15 is 0 Å². The molecular formula is C20H24N2O. The number of allylic oxidation sites excluding steroid dienone is 2. The zero-order chi connectivity index (χ0) is 16.6. The summed E-state index contributed by atoms with van der Waals surface area (Å²) in [4.78, 5) is 12.6. The number of hydrogen-bond donors (Lipinski definition) is 0. The first kappa shape index (κ1) is 15.6. The van der Waals surface area contributed by atoms with Gasteiger partial charge >= 0.3 is 5.69 Å². The van der Waals surface area contributed by atoms with Crippen molar-refractivity contribution in [2.75, 3.05) is 0 Å². The first-order valence-corrected chi connectivity index (χ1v) is 8.13. The van der Waals surface area contributed by atoms with E-state index < -0.39 is 0 Å². The van der Waals surface area contributed by atoms with Crippen LogP contribution in [0.1, 0.15) is 32.3 Å². The van der Waals surface area contributed by atoms with Crippen LogP contribution < -0.4 is 16.4 Å². The van der Waals surface area contributed by atoms with Gasteiger partial charge in [-0.3, -0.25) is 9.13 Å². The van der Waals surface area contributed by atoms with Crippen LogP contribution in [0.15, 0.2) is 41.2 Å². The van der Waals surface area contributed by atoms with Crippen LogP contribution in [0, 0.1) is 5.41 Å². The summed E-state index contributed by atoms with van der Waals surface area (Å²) in [5, 5.41) is 1.69. The molecule has 1 aromatic carbocycles. The number of benzene rings is 1. The largest absolute Gasteiger partial charge is 0.328 e. The molecule has 23 heavy (non-hydrogen) atoms. The normalized spacial score (nSPS) is 17.5. The lowest BCUT2D eigenvalue weighted by Gasteiger charge is -2.07. The van der Waals surface area contributed by atoms with Crippen molar-refractivity contribution in [3.8, 4) is 0 Å². The Morgan fingerprint density at radius 1 is 1.30 bits per heavy atom. The summed E-state index contributed by atoms with van der Waals surface area (Å²) < 4.78 is 3.54. The van der Waals surface area contributed by atoms with Gasteiger partial charge in [0.05, 0.1) is 10.7 Å². The summed E-state index contributed by atoms with van der Waals surface area (Å²) in [7, 11) is 1.83. The summed E-state index contributed by atoms with van der Waals surface area (Å²) in [5.41, 5.74) is 2.54. The fraction of sp³-hybridized carbons (Fsp3) is 0.350. The second kappa shape index (κ2) is 5.73. The molecule has 1 aliphatic rings. The van der Waals surface area contributed by atoms with E-state index in [2.05, 4.69) is 37.8 Å². The number of hydrogen-bond acceptors (Lipinski definition) is 1. The first-order valence-electron chi connectivity index (χ1n) is 8.13. The molecule has 0 saturated heterocycles. The summed E-state index contributed by atoms with van der Waals surface area (Å²) in [6.07, 6.45) is 6.51. The summed E-state index contributed by atoms with van der Waals surface area (Å²) >= 11 is 0. The molecule has 1 saturated carbocycles. The minimum atomic E-state index is 0.0258. The van der Waals surface area contributed by atoms with Crippen molar-refractivity contribution in [2.45, 2.75) is 33.2 Å². The molecule has 1 heterocycles. The molecule has 0 N–H and O–H groups in total. The van der Waals surface area contributed by atoms with Crippen molar-refractivity contribution in [2.24, 2.45) is 12.5 Å². The molecule has 1 aromatic heterocycles. The lowest BCUT2D eigenvalue weighted by atomic mass is 10.1. The Morgan fingerprint density at radius 3 is 2.52 bits per heavy atom. The number of imidazole rings is 1. The van der Waals surface area contributed by atoms with Crippen molar-refractivity contribution < 1.29 is 0 Å². The Morgan fingerprint density at radius 2 is 1.96 bits per heavy atom. The molecule has 0 spiro atoms. The van der Waals surface area contributed by atoms with Gasteiger partial charge in [-0.15, -0.1) is 0 Å². The fourth-order valence-corrected chi connectivity index (χ4v) is 2.94. The van der Waals surface area contributed by atoms with E-state index in [4.69, 9.17) is 0 Å². The van der Waals surface area contributed by atoms with Crippen LogP contribution in [0.5, 0.6) is 0 Å². The van der Waals surface area contributed by atoms with Crippen LogP contribution in [-0.2, 0) is 13.6 Å². The van der Waals surface area contributed by atoms with Gasteiger partial charge in [0.1, 0.15) is 0 Å². The van der Waals surface area contributed by atoms with E-state index in [1.165, 1.54) is 12.8 Å². The van der Waals surface area contributed by atoms with Crippen LogP contribution in [0.4, 0.5) is 0 Å². The van der Waals surface area contributed by atoms with Gasteiger partial charge in [-0.25, -0.2) is 4.79 Å². The molecule has 0 amide bonds. The van der Waals surface area contributed by atoms with Gasteiger partial charge in [0.25, 0.3) is 0 Å². The molecule has 3 nitrogen and oxygen atoms in total. The first-order chi connectivity index (χ1) is 10.9. The van der Waals surface area contributed by atoms with E-state index in [1.54, 1.807) is 4.57 Å². The molecule has 1 fully saturated rings. The van der Waals surface area contributed by atoms with Gasteiger partial charge in [0.2, 0.25) is 0 Å². The van der Waals surface area contributed by atoms with E-state index in [-0.39, 0.29) is 11.1 Å². The Balaban J connectivity index is 2.11. The highest BCUT2D eigenvalue weighted by atomic mass is 16.1. The standard InChI is InChI=1S/C20H24N2O/c1-5-16(17-9-7-6-8-10-17)13-18-15(2)22(19(23)21(18)4)14-20(3)11-12-20/h5-10,13H,2,11-12,14H2,1,3-4H3. The Kier molecular flexibility index (Phi) is 3.88. The molecular weight excluding hydrogens is 284 g/mol. The van der Waals surface area contributed by atoms with Crippen molar-refractivity contribution in [3.63, 3.8) is 0 Å². The van der Waals surface area contributed by atoms with Crippen molar-refractivity contribution in [1.82, 2.24) is 9.13 Å². The minimum Gasteiger partial charge on any atom is -0.295 e. The van der Waals surface area contributed by atoms with Crippen molar-refractivity contribution >= 4 is 18.2 Å². The Labute approximate surface area is 136 Å². The second-order valence-corrected chi connectivity index (χ2v) is 6.82. The second-order valence-electron chi connectivity index (χ2n) is 6.82. The molecule has 0 unspecified atom stereocenters. The van der Waals surface area contributed by atoms with E-state index in [0.717, 1.165) is 28.4 Å². The maximum atomic E-state index is 12.6. The zero-order valence-electron chi connectivity index (χ0n) is 14.2. The highest BCUT2D eigenvalue weighted by Gasteiger charge is 2.38. The van der Waals surface area contributed by atoms with Gasteiger partial charge in [0.15, 0.2) is 0 Å². The third-order valence-electron chi connectivity index (χ3n) is 4.85. The highest BCUT2D eigenvalue weighted by molar-refractivity contribution is 5.87. The number of nitrogens with zero attached hydrogens (tertiary/aromatic N) is 2. The lowest BCUT2D eigenvalue weighted by Crippen LogP contribution is -2.33.